The second-order valence-electron chi connectivity index (χ2n) is 6.00. The summed E-state index contributed by atoms with van der Waals surface area (Å²) in [5.41, 5.74) is 2.86. The molecule has 0 fully saturated rings. The number of rotatable bonds is 4. The summed E-state index contributed by atoms with van der Waals surface area (Å²) in [5.74, 6) is -0.981. The van der Waals surface area contributed by atoms with Crippen molar-refractivity contribution in [2.45, 2.75) is 19.4 Å². The molecule has 0 amide bonds. The number of aliphatic hydroxyl groups excluding tert-OH is 1. The zero-order chi connectivity index (χ0) is 18.8. The van der Waals surface area contributed by atoms with Crippen molar-refractivity contribution in [3.8, 4) is 17.3 Å². The molecule has 0 saturated carbocycles. The molecule has 1 atom stereocenters. The van der Waals surface area contributed by atoms with Crippen molar-refractivity contribution in [2.75, 3.05) is 0 Å². The third kappa shape index (κ3) is 3.46. The molecule has 26 heavy (non-hydrogen) atoms. The number of nitrogens with zero attached hydrogens (tertiary/aromatic N) is 4. The maximum Gasteiger partial charge on any atom is 0.162 e. The van der Waals surface area contributed by atoms with E-state index in [4.69, 9.17) is 5.26 Å². The first-order valence-electron chi connectivity index (χ1n) is 7.94. The predicted octanol–water partition coefficient (Wildman–Crippen LogP) is 3.28. The van der Waals surface area contributed by atoms with E-state index in [9.17, 15) is 13.9 Å². The minimum atomic E-state index is -0.915. The molecule has 2 aromatic heterocycles. The Balaban J connectivity index is 2.13. The average molecular weight is 354 g/mol. The van der Waals surface area contributed by atoms with Crippen LogP contribution in [0.25, 0.3) is 11.3 Å². The van der Waals surface area contributed by atoms with Gasteiger partial charge in [0.05, 0.1) is 18.0 Å². The quantitative estimate of drug-likeness (QED) is 0.780. The Morgan fingerprint density at radius 3 is 2.65 bits per heavy atom. The molecular weight excluding hydrogens is 338 g/mol. The van der Waals surface area contributed by atoms with Crippen LogP contribution in [0.4, 0.5) is 8.78 Å². The van der Waals surface area contributed by atoms with Crippen molar-refractivity contribution in [1.82, 2.24) is 14.8 Å². The van der Waals surface area contributed by atoms with Crippen LogP contribution in [0.5, 0.6) is 0 Å². The molecule has 0 aliphatic heterocycles. The monoisotopic (exact) mass is 354 g/mol. The maximum absolute atomic E-state index is 13.8. The van der Waals surface area contributed by atoms with Gasteiger partial charge in [0.15, 0.2) is 5.69 Å². The van der Waals surface area contributed by atoms with Crippen molar-refractivity contribution >= 4 is 0 Å². The number of halogens is 2. The van der Waals surface area contributed by atoms with Gasteiger partial charge in [-0.15, -0.1) is 0 Å². The fraction of sp³-hybridized carbons (Fsp3) is 0.211. The highest BCUT2D eigenvalue weighted by molar-refractivity contribution is 5.68. The molecule has 0 unspecified atom stereocenters. The topological polar surface area (TPSA) is 74.7 Å². The van der Waals surface area contributed by atoms with Gasteiger partial charge in [-0.05, 0) is 48.4 Å². The first-order chi connectivity index (χ1) is 12.4. The maximum atomic E-state index is 13.8. The Hall–Kier alpha value is -3.11. The normalized spacial score (nSPS) is 12.0. The van der Waals surface area contributed by atoms with E-state index in [1.165, 1.54) is 31.2 Å². The van der Waals surface area contributed by atoms with E-state index in [2.05, 4.69) is 10.1 Å². The van der Waals surface area contributed by atoms with E-state index >= 15 is 0 Å². The molecule has 1 aromatic carbocycles. The van der Waals surface area contributed by atoms with Gasteiger partial charge < -0.3 is 5.11 Å². The Labute approximate surface area is 149 Å². The average Bonchev–Trinajstić information content (AvgIpc) is 2.95. The molecule has 3 aromatic rings. The first-order valence-corrected chi connectivity index (χ1v) is 7.94. The minimum Gasteiger partial charge on any atom is -0.389 e. The molecule has 0 bridgehead atoms. The van der Waals surface area contributed by atoms with Crippen molar-refractivity contribution in [3.63, 3.8) is 0 Å². The van der Waals surface area contributed by atoms with E-state index in [1.54, 1.807) is 17.8 Å². The van der Waals surface area contributed by atoms with Crippen LogP contribution in [0.3, 0.4) is 0 Å². The standard InChI is InChI=1S/C19H16F2N4O/c1-11(26)18-7-13(20)3-4-17(18)19-12(5-14(21)10-23-19)6-16-8-15(9-22)24-25(16)2/h3-5,7-8,10-11,26H,6H2,1-2H3/t11-/m1/s1. The highest BCUT2D eigenvalue weighted by Gasteiger charge is 2.17. The van der Waals surface area contributed by atoms with E-state index in [-0.39, 0.29) is 12.1 Å². The molecule has 7 heteroatoms. The van der Waals surface area contributed by atoms with Gasteiger partial charge in [0.1, 0.15) is 17.7 Å². The van der Waals surface area contributed by atoms with Gasteiger partial charge in [-0.1, -0.05) is 0 Å². The third-order valence-corrected chi connectivity index (χ3v) is 4.11. The molecule has 5 nitrogen and oxygen atoms in total. The van der Waals surface area contributed by atoms with Gasteiger partial charge in [-0.3, -0.25) is 9.67 Å². The third-order valence-electron chi connectivity index (χ3n) is 4.11. The van der Waals surface area contributed by atoms with Crippen LogP contribution in [0, 0.1) is 23.0 Å². The van der Waals surface area contributed by atoms with E-state index in [0.717, 1.165) is 6.20 Å². The lowest BCUT2D eigenvalue weighted by Gasteiger charge is -2.15. The van der Waals surface area contributed by atoms with Gasteiger partial charge in [-0.25, -0.2) is 8.78 Å². The zero-order valence-electron chi connectivity index (χ0n) is 14.2. The predicted molar refractivity (Wildman–Crippen MR) is 91.0 cm³/mol. The van der Waals surface area contributed by atoms with Crippen molar-refractivity contribution in [2.24, 2.45) is 7.05 Å². The fourth-order valence-electron chi connectivity index (χ4n) is 2.87. The van der Waals surface area contributed by atoms with Crippen LogP contribution in [0.1, 0.15) is 35.5 Å². The van der Waals surface area contributed by atoms with Crippen LogP contribution in [0.15, 0.2) is 36.5 Å². The smallest absolute Gasteiger partial charge is 0.162 e. The molecule has 132 valence electrons. The van der Waals surface area contributed by atoms with Crippen LogP contribution in [0.2, 0.25) is 0 Å². The lowest BCUT2D eigenvalue weighted by atomic mass is 9.95. The van der Waals surface area contributed by atoms with Crippen LogP contribution < -0.4 is 0 Å². The Kier molecular flexibility index (Phi) is 4.78. The summed E-state index contributed by atoms with van der Waals surface area (Å²) in [5, 5.41) is 23.0. The Morgan fingerprint density at radius 1 is 1.23 bits per heavy atom. The number of pyridine rings is 1. The summed E-state index contributed by atoms with van der Waals surface area (Å²) in [6.07, 6.45) is 0.446. The van der Waals surface area contributed by atoms with Crippen LogP contribution >= 0.6 is 0 Å². The lowest BCUT2D eigenvalue weighted by molar-refractivity contribution is 0.199. The summed E-state index contributed by atoms with van der Waals surface area (Å²) in [6.45, 7) is 1.53. The number of aliphatic hydroxyl groups is 1. The number of hydrogen-bond donors (Lipinski definition) is 1. The van der Waals surface area contributed by atoms with E-state index in [1.807, 2.05) is 6.07 Å². The summed E-state index contributed by atoms with van der Waals surface area (Å²) >= 11 is 0. The fourth-order valence-corrected chi connectivity index (χ4v) is 2.87. The zero-order valence-corrected chi connectivity index (χ0v) is 14.2. The van der Waals surface area contributed by atoms with E-state index < -0.39 is 17.7 Å². The summed E-state index contributed by atoms with van der Waals surface area (Å²) < 4.78 is 29.0. The van der Waals surface area contributed by atoms with Crippen molar-refractivity contribution in [1.29, 1.82) is 5.26 Å². The van der Waals surface area contributed by atoms with Crippen LogP contribution in [-0.4, -0.2) is 19.9 Å². The van der Waals surface area contributed by atoms with Gasteiger partial charge in [-0.2, -0.15) is 10.4 Å². The second kappa shape index (κ2) is 7.02. The van der Waals surface area contributed by atoms with Gasteiger partial charge >= 0.3 is 0 Å². The van der Waals surface area contributed by atoms with Crippen molar-refractivity contribution in [3.05, 3.63) is 70.7 Å². The molecule has 0 aliphatic carbocycles. The lowest BCUT2D eigenvalue weighted by Crippen LogP contribution is -2.04. The molecule has 2 heterocycles. The van der Waals surface area contributed by atoms with Gasteiger partial charge in [0.2, 0.25) is 0 Å². The summed E-state index contributed by atoms with van der Waals surface area (Å²) in [6, 6.07) is 8.96. The highest BCUT2D eigenvalue weighted by atomic mass is 19.1. The summed E-state index contributed by atoms with van der Waals surface area (Å²) in [4.78, 5) is 4.17. The van der Waals surface area contributed by atoms with E-state index in [0.29, 0.717) is 28.1 Å². The Bertz CT molecular complexity index is 1010. The number of benzene rings is 1. The van der Waals surface area contributed by atoms with Gasteiger partial charge in [0.25, 0.3) is 0 Å². The molecule has 0 saturated heterocycles. The number of aromatic nitrogens is 3. The molecule has 0 radical (unpaired) electrons. The first kappa shape index (κ1) is 17.7. The molecular formula is C19H16F2N4O. The number of aryl methyl sites for hydroxylation is 1. The number of hydrogen-bond acceptors (Lipinski definition) is 4. The number of nitriles is 1. The van der Waals surface area contributed by atoms with Gasteiger partial charge in [0, 0.05) is 24.7 Å². The molecule has 1 N–H and O–H groups in total. The SMILES string of the molecule is C[C@@H](O)c1cc(F)ccc1-c1ncc(F)cc1Cc1cc(C#N)nn1C. The summed E-state index contributed by atoms with van der Waals surface area (Å²) in [7, 11) is 1.70. The van der Waals surface area contributed by atoms with Crippen molar-refractivity contribution < 1.29 is 13.9 Å². The minimum absolute atomic E-state index is 0.264. The Morgan fingerprint density at radius 2 is 2.00 bits per heavy atom. The molecule has 0 spiro atoms. The molecule has 0 aliphatic rings. The van der Waals surface area contributed by atoms with Crippen LogP contribution in [-0.2, 0) is 13.5 Å². The molecule has 3 rings (SSSR count). The second-order valence-corrected chi connectivity index (χ2v) is 6.00. The highest BCUT2D eigenvalue weighted by Crippen LogP contribution is 2.31. The largest absolute Gasteiger partial charge is 0.389 e.